The zero-order valence-corrected chi connectivity index (χ0v) is 36.1. The molecular formula is C43H52F6N10O5. The number of aryl methyl sites for hydroxylation is 1. The molecule has 5 heterocycles. The number of benzene rings is 2. The maximum Gasteiger partial charge on any atom is 0.573 e. The van der Waals surface area contributed by atoms with Crippen molar-refractivity contribution in [3.05, 3.63) is 66.1 Å². The van der Waals surface area contributed by atoms with Crippen molar-refractivity contribution < 1.29 is 49.7 Å². The summed E-state index contributed by atoms with van der Waals surface area (Å²) in [4.78, 5) is 11.4. The summed E-state index contributed by atoms with van der Waals surface area (Å²) in [5.74, 6) is 5.50. The zero-order chi connectivity index (χ0) is 45.3. The number of nitrogens with one attached hydrogen (secondary N) is 1. The molecule has 64 heavy (non-hydrogen) atoms. The van der Waals surface area contributed by atoms with Crippen LogP contribution in [0.15, 0.2) is 52.9 Å². The molecule has 1 N–H and O–H groups in total. The highest BCUT2D eigenvalue weighted by molar-refractivity contribution is 5.34. The molecule has 0 radical (unpaired) electrons. The fourth-order valence-electron chi connectivity index (χ4n) is 9.51. The minimum atomic E-state index is -4.74. The first-order valence-corrected chi connectivity index (χ1v) is 21.7. The maximum atomic E-state index is 12.4. The lowest BCUT2D eigenvalue weighted by Crippen LogP contribution is -2.43. The lowest BCUT2D eigenvalue weighted by Gasteiger charge is -2.36. The third-order valence-electron chi connectivity index (χ3n) is 12.4. The zero-order valence-electron chi connectivity index (χ0n) is 36.1. The van der Waals surface area contributed by atoms with E-state index in [4.69, 9.17) is 19.0 Å². The Labute approximate surface area is 365 Å². The largest absolute Gasteiger partial charge is 0.573 e. The molecule has 5 aromatic rings. The Balaban J connectivity index is 0.000000178. The average Bonchev–Trinajstić information content (AvgIpc) is 4.03. The van der Waals surface area contributed by atoms with Gasteiger partial charge in [0.2, 0.25) is 5.89 Å². The van der Waals surface area contributed by atoms with Crippen molar-refractivity contribution in [3.8, 4) is 35.0 Å². The van der Waals surface area contributed by atoms with Crippen molar-refractivity contribution >= 4 is 6.01 Å². The van der Waals surface area contributed by atoms with E-state index in [0.29, 0.717) is 76.8 Å². The minimum Gasteiger partial charge on any atom is -0.424 e. The monoisotopic (exact) mass is 902 g/mol. The third-order valence-corrected chi connectivity index (χ3v) is 12.4. The Bertz CT molecular complexity index is 2280. The summed E-state index contributed by atoms with van der Waals surface area (Å²) in [5.41, 5.74) is 0. The van der Waals surface area contributed by atoms with E-state index in [1.807, 2.05) is 27.7 Å². The van der Waals surface area contributed by atoms with Crippen molar-refractivity contribution in [3.63, 3.8) is 0 Å². The molecule has 0 amide bonds. The summed E-state index contributed by atoms with van der Waals surface area (Å²) >= 11 is 0. The molecule has 4 fully saturated rings. The number of fused-ring (bicyclic) bond motifs is 4. The lowest BCUT2D eigenvalue weighted by molar-refractivity contribution is -0.275. The van der Waals surface area contributed by atoms with Crippen molar-refractivity contribution in [2.75, 3.05) is 31.1 Å². The molecule has 2 aliphatic heterocycles. The minimum absolute atomic E-state index is 0.00146. The number of hydrogen-bond donors (Lipinski definition) is 1. The number of nitrogens with zero attached hydrogens (tertiary/aromatic N) is 9. The van der Waals surface area contributed by atoms with E-state index in [1.165, 1.54) is 61.4 Å². The van der Waals surface area contributed by atoms with E-state index in [0.717, 1.165) is 57.7 Å². The number of ether oxygens (including phenoxy) is 4. The molecule has 21 heteroatoms. The number of anilines is 1. The van der Waals surface area contributed by atoms with E-state index < -0.39 is 12.7 Å². The van der Waals surface area contributed by atoms with Crippen LogP contribution in [-0.4, -0.2) is 78.6 Å². The fraction of sp³-hybridized carbons (Fsp3) is 0.581. The van der Waals surface area contributed by atoms with Gasteiger partial charge in [0, 0.05) is 32.9 Å². The van der Waals surface area contributed by atoms with Crippen LogP contribution in [0.2, 0.25) is 0 Å². The summed E-state index contributed by atoms with van der Waals surface area (Å²) in [7, 11) is 0. The normalized spacial score (nSPS) is 23.0. The van der Waals surface area contributed by atoms with Crippen LogP contribution in [0.3, 0.4) is 0 Å². The molecule has 2 saturated carbocycles. The van der Waals surface area contributed by atoms with Crippen molar-refractivity contribution in [2.24, 2.45) is 35.5 Å². The summed E-state index contributed by atoms with van der Waals surface area (Å²) < 4.78 is 103. The number of halogens is 6. The van der Waals surface area contributed by atoms with Crippen LogP contribution in [0.4, 0.5) is 32.4 Å². The molecule has 2 aromatic carbocycles. The van der Waals surface area contributed by atoms with E-state index in [-0.39, 0.29) is 23.6 Å². The second-order valence-electron chi connectivity index (χ2n) is 17.5. The van der Waals surface area contributed by atoms with E-state index in [2.05, 4.69) is 45.0 Å². The van der Waals surface area contributed by atoms with Gasteiger partial charge < -0.3 is 33.6 Å². The van der Waals surface area contributed by atoms with Crippen LogP contribution in [0.5, 0.6) is 35.0 Å². The molecule has 6 atom stereocenters. The Hall–Kier alpha value is -5.60. The smallest absolute Gasteiger partial charge is 0.424 e. The summed E-state index contributed by atoms with van der Waals surface area (Å²) in [6, 6.07) is 11.8. The molecule has 3 aromatic heterocycles. The third kappa shape index (κ3) is 11.0. The second kappa shape index (κ2) is 18.5. The second-order valence-corrected chi connectivity index (χ2v) is 17.5. The number of hydrogen-bond acceptors (Lipinski definition) is 13. The molecule has 15 nitrogen and oxygen atoms in total. The quantitative estimate of drug-likeness (QED) is 0.112. The first-order chi connectivity index (χ1) is 30.4. The highest BCUT2D eigenvalue weighted by Gasteiger charge is 2.44. The molecule has 0 spiro atoms. The van der Waals surface area contributed by atoms with Gasteiger partial charge in [-0.05, 0) is 151 Å². The summed E-state index contributed by atoms with van der Waals surface area (Å²) in [5, 5.41) is 21.0. The maximum absolute atomic E-state index is 12.4. The molecule has 2 unspecified atom stereocenters. The first-order valence-electron chi connectivity index (χ1n) is 21.7. The number of aromatic nitrogens is 8. The fourth-order valence-corrected chi connectivity index (χ4v) is 9.51. The van der Waals surface area contributed by atoms with Crippen LogP contribution in [0, 0.1) is 42.4 Å². The predicted octanol–water partition coefficient (Wildman–Crippen LogP) is 9.28. The molecule has 2 saturated heterocycles. The van der Waals surface area contributed by atoms with Crippen LogP contribution in [-0.2, 0) is 12.8 Å². The molecule has 4 bridgehead atoms. The predicted molar refractivity (Wildman–Crippen MR) is 218 cm³/mol. The van der Waals surface area contributed by atoms with Gasteiger partial charge in [-0.3, -0.25) is 0 Å². The van der Waals surface area contributed by atoms with Gasteiger partial charge >= 0.3 is 30.8 Å². The van der Waals surface area contributed by atoms with Crippen LogP contribution >= 0.6 is 0 Å². The van der Waals surface area contributed by atoms with Gasteiger partial charge in [-0.15, -0.1) is 31.4 Å². The van der Waals surface area contributed by atoms with Crippen LogP contribution in [0.1, 0.15) is 83.0 Å². The van der Waals surface area contributed by atoms with Gasteiger partial charge in [-0.1, -0.05) is 5.10 Å². The highest BCUT2D eigenvalue weighted by atomic mass is 19.4. The standard InChI is InChI=1S/C23H27F3N6O3.C20H25F3N4O2/c1-13(2)32-21(34-17-6-8-18(9-7-17)35-23(24,25)26)27-20(30-32)10-19-15-4-5-16(19)12-31(11-15)22-29-28-14(3)33-22;1-12(2)27-19(28-15-5-7-16(8-6-15)29-20(21,22)23)25-18(26-27)9-17-13-3-4-14(17)11-24-10-13/h6-9,13,15-16,19H,4-5,10-12H2,1-3H3;5-8,12-14,17,24H,3-4,9-11H2,1-2H3/t15-,16+,19?;13-,14+,17?. The average molecular weight is 903 g/mol. The Morgan fingerprint density at radius 2 is 1.03 bits per heavy atom. The Morgan fingerprint density at radius 3 is 1.42 bits per heavy atom. The topological polar surface area (TPSA) is 153 Å². The van der Waals surface area contributed by atoms with Crippen molar-refractivity contribution in [2.45, 2.75) is 98.0 Å². The van der Waals surface area contributed by atoms with Crippen LogP contribution < -0.4 is 29.2 Å². The van der Waals surface area contributed by atoms with Gasteiger partial charge in [-0.25, -0.2) is 9.36 Å². The highest BCUT2D eigenvalue weighted by Crippen LogP contribution is 2.45. The molecule has 9 rings (SSSR count). The number of alkyl halides is 6. The van der Waals surface area contributed by atoms with E-state index in [1.54, 1.807) is 16.3 Å². The van der Waals surface area contributed by atoms with Gasteiger partial charge in [0.05, 0.1) is 12.1 Å². The van der Waals surface area contributed by atoms with Gasteiger partial charge in [0.1, 0.15) is 23.0 Å². The van der Waals surface area contributed by atoms with E-state index >= 15 is 0 Å². The molecule has 346 valence electrons. The SMILES string of the molecule is CC(C)n1nc(CC2[C@@H]3CC[C@H]2CNC3)nc1Oc1ccc(OC(F)(F)F)cc1.Cc1nnc(N2C[C@H]3CC[C@@H](C2)C3Cc2nc(Oc3ccc(OC(F)(F)F)cc3)n(C(C)C)n2)o1. The number of rotatable bonds is 13. The van der Waals surface area contributed by atoms with Crippen LogP contribution in [0.25, 0.3) is 0 Å². The summed E-state index contributed by atoms with van der Waals surface area (Å²) in [6.45, 7) is 13.6. The van der Waals surface area contributed by atoms with Crippen molar-refractivity contribution in [1.82, 2.24) is 45.0 Å². The van der Waals surface area contributed by atoms with E-state index in [9.17, 15) is 26.3 Å². The number of piperidine rings is 2. The first kappa shape index (κ1) is 45.0. The lowest BCUT2D eigenvalue weighted by atomic mass is 9.82. The van der Waals surface area contributed by atoms with Gasteiger partial charge in [0.15, 0.2) is 11.6 Å². The molecule has 2 aliphatic carbocycles. The Morgan fingerprint density at radius 1 is 0.625 bits per heavy atom. The van der Waals surface area contributed by atoms with Crippen molar-refractivity contribution in [1.29, 1.82) is 0 Å². The molecule has 4 aliphatic rings. The van der Waals surface area contributed by atoms with Gasteiger partial charge in [0.25, 0.3) is 0 Å². The Kier molecular flexibility index (Phi) is 13.0. The van der Waals surface area contributed by atoms with Gasteiger partial charge in [-0.2, -0.15) is 20.2 Å². The molecular weight excluding hydrogens is 851 g/mol. The summed E-state index contributed by atoms with van der Waals surface area (Å²) in [6.07, 6.45) is -3.12.